The average Bonchev–Trinajstić information content (AvgIpc) is 2.55. The van der Waals surface area contributed by atoms with Crippen LogP contribution in [0.5, 0.6) is 0 Å². The van der Waals surface area contributed by atoms with Crippen molar-refractivity contribution in [2.45, 2.75) is 57.2 Å². The Kier molecular flexibility index (Phi) is 6.18. The van der Waals surface area contributed by atoms with Crippen LogP contribution in [0.2, 0.25) is 0 Å². The van der Waals surface area contributed by atoms with Gasteiger partial charge in [-0.3, -0.25) is 8.98 Å². The van der Waals surface area contributed by atoms with Gasteiger partial charge in [-0.05, 0) is 38.8 Å². The number of hydrogen-bond donors (Lipinski definition) is 0. The SMILES string of the molecule is CC(C)N(C(=O)COS(=O)(=O)C1CCCCC1)c1ccccc1. The summed E-state index contributed by atoms with van der Waals surface area (Å²) in [5.74, 6) is -0.342. The lowest BCUT2D eigenvalue weighted by atomic mass is 10.0. The molecule has 1 aliphatic carbocycles. The van der Waals surface area contributed by atoms with Gasteiger partial charge in [-0.25, -0.2) is 0 Å². The Morgan fingerprint density at radius 2 is 1.78 bits per heavy atom. The quantitative estimate of drug-likeness (QED) is 0.747. The van der Waals surface area contributed by atoms with E-state index in [4.69, 9.17) is 4.18 Å². The molecule has 0 atom stereocenters. The summed E-state index contributed by atoms with van der Waals surface area (Å²) >= 11 is 0. The van der Waals surface area contributed by atoms with E-state index in [1.165, 1.54) is 0 Å². The van der Waals surface area contributed by atoms with Crippen LogP contribution in [0.1, 0.15) is 46.0 Å². The van der Waals surface area contributed by atoms with E-state index in [1.807, 2.05) is 44.2 Å². The fourth-order valence-corrected chi connectivity index (χ4v) is 4.34. The first-order valence-corrected chi connectivity index (χ1v) is 9.64. The molecule has 0 aromatic heterocycles. The smallest absolute Gasteiger partial charge is 0.270 e. The highest BCUT2D eigenvalue weighted by Gasteiger charge is 2.30. The monoisotopic (exact) mass is 339 g/mol. The van der Waals surface area contributed by atoms with E-state index in [-0.39, 0.29) is 11.9 Å². The molecule has 2 rings (SSSR count). The number of amides is 1. The molecule has 1 amide bonds. The van der Waals surface area contributed by atoms with Crippen molar-refractivity contribution in [3.05, 3.63) is 30.3 Å². The number of para-hydroxylation sites is 1. The van der Waals surface area contributed by atoms with Crippen LogP contribution in [-0.4, -0.2) is 32.2 Å². The minimum absolute atomic E-state index is 0.0779. The van der Waals surface area contributed by atoms with Crippen molar-refractivity contribution >= 4 is 21.7 Å². The third kappa shape index (κ3) is 4.78. The Morgan fingerprint density at radius 3 is 2.35 bits per heavy atom. The molecule has 5 nitrogen and oxygen atoms in total. The summed E-state index contributed by atoms with van der Waals surface area (Å²) in [6, 6.07) is 9.14. The Balaban J connectivity index is 2.02. The number of carbonyl (C=O) groups is 1. The minimum Gasteiger partial charge on any atom is -0.308 e. The van der Waals surface area contributed by atoms with Crippen LogP contribution in [-0.2, 0) is 19.1 Å². The molecule has 0 heterocycles. The number of nitrogens with zero attached hydrogens (tertiary/aromatic N) is 1. The molecule has 0 radical (unpaired) electrons. The third-order valence-corrected chi connectivity index (χ3v) is 5.86. The zero-order chi connectivity index (χ0) is 16.9. The number of carbonyl (C=O) groups excluding carboxylic acids is 1. The average molecular weight is 339 g/mol. The van der Waals surface area contributed by atoms with Gasteiger partial charge in [0.2, 0.25) is 0 Å². The second-order valence-corrected chi connectivity index (χ2v) is 8.10. The summed E-state index contributed by atoms with van der Waals surface area (Å²) in [4.78, 5) is 14.0. The maximum absolute atomic E-state index is 12.5. The topological polar surface area (TPSA) is 63.7 Å². The lowest BCUT2D eigenvalue weighted by molar-refractivity contribution is -0.120. The Hall–Kier alpha value is -1.40. The van der Waals surface area contributed by atoms with Gasteiger partial charge in [0.15, 0.2) is 0 Å². The van der Waals surface area contributed by atoms with Gasteiger partial charge in [-0.2, -0.15) is 8.42 Å². The summed E-state index contributed by atoms with van der Waals surface area (Å²) in [6.07, 6.45) is 4.14. The first kappa shape index (κ1) is 17.9. The van der Waals surface area contributed by atoms with Crippen LogP contribution < -0.4 is 4.90 Å². The van der Waals surface area contributed by atoms with E-state index >= 15 is 0 Å². The highest BCUT2D eigenvalue weighted by atomic mass is 32.2. The Labute approximate surface area is 138 Å². The van der Waals surface area contributed by atoms with E-state index in [1.54, 1.807) is 4.90 Å². The van der Waals surface area contributed by atoms with Gasteiger partial charge in [0, 0.05) is 11.7 Å². The normalized spacial score (nSPS) is 16.5. The second kappa shape index (κ2) is 7.93. The lowest BCUT2D eigenvalue weighted by Crippen LogP contribution is -2.40. The fraction of sp³-hybridized carbons (Fsp3) is 0.588. The van der Waals surface area contributed by atoms with Crippen LogP contribution >= 0.6 is 0 Å². The van der Waals surface area contributed by atoms with E-state index in [9.17, 15) is 13.2 Å². The van der Waals surface area contributed by atoms with Crippen LogP contribution in [0.4, 0.5) is 5.69 Å². The lowest BCUT2D eigenvalue weighted by Gasteiger charge is -2.27. The molecule has 0 N–H and O–H groups in total. The molecule has 0 bridgehead atoms. The minimum atomic E-state index is -3.67. The number of hydrogen-bond acceptors (Lipinski definition) is 4. The molecule has 1 aliphatic rings. The number of benzene rings is 1. The summed E-state index contributed by atoms with van der Waals surface area (Å²) in [6.45, 7) is 3.34. The number of anilines is 1. The molecule has 0 unspecified atom stereocenters. The maximum Gasteiger partial charge on any atom is 0.270 e. The Bertz CT molecular complexity index is 607. The van der Waals surface area contributed by atoms with Crippen LogP contribution in [0.3, 0.4) is 0 Å². The van der Waals surface area contributed by atoms with E-state index in [0.717, 1.165) is 24.9 Å². The molecular weight excluding hydrogens is 314 g/mol. The van der Waals surface area contributed by atoms with E-state index in [0.29, 0.717) is 12.8 Å². The highest BCUT2D eigenvalue weighted by Crippen LogP contribution is 2.25. The highest BCUT2D eigenvalue weighted by molar-refractivity contribution is 7.87. The molecule has 6 heteroatoms. The van der Waals surface area contributed by atoms with Crippen molar-refractivity contribution in [3.8, 4) is 0 Å². The number of rotatable bonds is 6. The summed E-state index contributed by atoms with van der Waals surface area (Å²) < 4.78 is 29.5. The predicted molar refractivity (Wildman–Crippen MR) is 90.8 cm³/mol. The molecule has 0 saturated heterocycles. The van der Waals surface area contributed by atoms with E-state index < -0.39 is 22.0 Å². The molecule has 1 saturated carbocycles. The first-order chi connectivity index (χ1) is 10.9. The molecule has 1 aromatic rings. The molecule has 1 fully saturated rings. The van der Waals surface area contributed by atoms with E-state index in [2.05, 4.69) is 0 Å². The van der Waals surface area contributed by atoms with Crippen molar-refractivity contribution in [1.82, 2.24) is 0 Å². The standard InChI is InChI=1S/C17H25NO4S/c1-14(2)18(15-9-5-3-6-10-15)17(19)13-22-23(20,21)16-11-7-4-8-12-16/h3,5-6,9-10,14,16H,4,7-8,11-13H2,1-2H3. The predicted octanol–water partition coefficient (Wildman–Crippen LogP) is 3.11. The maximum atomic E-state index is 12.5. The largest absolute Gasteiger partial charge is 0.308 e. The van der Waals surface area contributed by atoms with Gasteiger partial charge >= 0.3 is 0 Å². The zero-order valence-electron chi connectivity index (χ0n) is 13.8. The molecule has 128 valence electrons. The Morgan fingerprint density at radius 1 is 1.17 bits per heavy atom. The van der Waals surface area contributed by atoms with Crippen molar-refractivity contribution in [1.29, 1.82) is 0 Å². The van der Waals surface area contributed by atoms with Crippen LogP contribution in [0.25, 0.3) is 0 Å². The van der Waals surface area contributed by atoms with Crippen molar-refractivity contribution < 1.29 is 17.4 Å². The van der Waals surface area contributed by atoms with Crippen molar-refractivity contribution in [2.75, 3.05) is 11.5 Å². The van der Waals surface area contributed by atoms with Crippen LogP contribution in [0.15, 0.2) is 30.3 Å². The second-order valence-electron chi connectivity index (χ2n) is 6.21. The molecule has 0 aliphatic heterocycles. The van der Waals surface area contributed by atoms with Gasteiger partial charge < -0.3 is 4.90 Å². The van der Waals surface area contributed by atoms with Gasteiger partial charge in [0.05, 0.1) is 5.25 Å². The first-order valence-electron chi connectivity index (χ1n) is 8.17. The summed E-state index contributed by atoms with van der Waals surface area (Å²) in [5, 5.41) is -0.465. The van der Waals surface area contributed by atoms with Gasteiger partial charge in [0.25, 0.3) is 16.0 Å². The molecule has 23 heavy (non-hydrogen) atoms. The third-order valence-electron chi connectivity index (χ3n) is 4.13. The summed E-state index contributed by atoms with van der Waals surface area (Å²) in [5.41, 5.74) is 0.742. The summed E-state index contributed by atoms with van der Waals surface area (Å²) in [7, 11) is -3.67. The zero-order valence-corrected chi connectivity index (χ0v) is 14.6. The molecule has 1 aromatic carbocycles. The van der Waals surface area contributed by atoms with Gasteiger partial charge in [-0.1, -0.05) is 37.5 Å². The molecule has 0 spiro atoms. The fourth-order valence-electron chi connectivity index (χ4n) is 2.97. The van der Waals surface area contributed by atoms with Gasteiger partial charge in [0.1, 0.15) is 6.61 Å². The van der Waals surface area contributed by atoms with Crippen molar-refractivity contribution in [2.24, 2.45) is 0 Å². The van der Waals surface area contributed by atoms with Crippen LogP contribution in [0, 0.1) is 0 Å². The van der Waals surface area contributed by atoms with Gasteiger partial charge in [-0.15, -0.1) is 0 Å². The van der Waals surface area contributed by atoms with Crippen molar-refractivity contribution in [3.63, 3.8) is 0 Å². The molecular formula is C17H25NO4S.